The summed E-state index contributed by atoms with van der Waals surface area (Å²) in [6, 6.07) is 3.91. The van der Waals surface area contributed by atoms with Crippen LogP contribution in [0.5, 0.6) is 0 Å². The summed E-state index contributed by atoms with van der Waals surface area (Å²) in [5.41, 5.74) is 1.12. The zero-order chi connectivity index (χ0) is 11.7. The second-order valence-electron chi connectivity index (χ2n) is 4.62. The molecule has 17 heavy (non-hydrogen) atoms. The van der Waals surface area contributed by atoms with E-state index in [1.54, 1.807) is 0 Å². The third-order valence-corrected chi connectivity index (χ3v) is 3.64. The van der Waals surface area contributed by atoms with E-state index in [2.05, 4.69) is 14.3 Å². The van der Waals surface area contributed by atoms with Gasteiger partial charge in [0, 0.05) is 19.2 Å². The summed E-state index contributed by atoms with van der Waals surface area (Å²) in [4.78, 5) is 6.98. The third-order valence-electron chi connectivity index (χ3n) is 3.42. The highest BCUT2D eigenvalue weighted by Crippen LogP contribution is 2.14. The zero-order valence-electron chi connectivity index (χ0n) is 9.77. The lowest BCUT2D eigenvalue weighted by molar-refractivity contribution is 0.340. The minimum absolute atomic E-state index is 0.762. The van der Waals surface area contributed by atoms with Gasteiger partial charge in [-0.1, -0.05) is 11.6 Å². The van der Waals surface area contributed by atoms with Gasteiger partial charge in [0.25, 0.3) is 0 Å². The Morgan fingerprint density at radius 3 is 2.88 bits per heavy atom. The minimum atomic E-state index is 0.762. The SMILES string of the molecule is Clc1ccc2cnc(CCN3CCCC3)n2c1. The van der Waals surface area contributed by atoms with Crippen LogP contribution < -0.4 is 0 Å². The molecule has 0 spiro atoms. The van der Waals surface area contributed by atoms with E-state index >= 15 is 0 Å². The minimum Gasteiger partial charge on any atom is -0.303 e. The van der Waals surface area contributed by atoms with Crippen molar-refractivity contribution in [2.45, 2.75) is 19.3 Å². The van der Waals surface area contributed by atoms with Crippen LogP contribution in [0.4, 0.5) is 0 Å². The number of rotatable bonds is 3. The molecule has 0 atom stereocenters. The smallest absolute Gasteiger partial charge is 0.114 e. The van der Waals surface area contributed by atoms with Crippen molar-refractivity contribution in [3.63, 3.8) is 0 Å². The number of pyridine rings is 1. The predicted octanol–water partition coefficient (Wildman–Crippen LogP) is 2.63. The first kappa shape index (κ1) is 11.1. The molecule has 0 N–H and O–H groups in total. The van der Waals surface area contributed by atoms with Crippen LogP contribution >= 0.6 is 11.6 Å². The fraction of sp³-hybridized carbons (Fsp3) is 0.462. The molecule has 1 aliphatic rings. The number of nitrogens with zero attached hydrogens (tertiary/aromatic N) is 3. The molecule has 1 fully saturated rings. The van der Waals surface area contributed by atoms with Gasteiger partial charge in [-0.05, 0) is 38.1 Å². The second kappa shape index (κ2) is 4.67. The molecule has 3 heterocycles. The van der Waals surface area contributed by atoms with Crippen molar-refractivity contribution in [2.24, 2.45) is 0 Å². The Morgan fingerprint density at radius 2 is 2.06 bits per heavy atom. The fourth-order valence-corrected chi connectivity index (χ4v) is 2.63. The highest BCUT2D eigenvalue weighted by atomic mass is 35.5. The monoisotopic (exact) mass is 249 g/mol. The van der Waals surface area contributed by atoms with Crippen molar-refractivity contribution in [1.29, 1.82) is 0 Å². The van der Waals surface area contributed by atoms with Gasteiger partial charge in [-0.25, -0.2) is 4.98 Å². The number of halogens is 1. The van der Waals surface area contributed by atoms with Gasteiger partial charge in [0.15, 0.2) is 0 Å². The summed E-state index contributed by atoms with van der Waals surface area (Å²) >= 11 is 6.02. The lowest BCUT2D eigenvalue weighted by Gasteiger charge is -2.13. The average Bonchev–Trinajstić information content (AvgIpc) is 2.94. The van der Waals surface area contributed by atoms with Gasteiger partial charge in [-0.3, -0.25) is 0 Å². The summed E-state index contributed by atoms with van der Waals surface area (Å²) in [6.45, 7) is 3.58. The van der Waals surface area contributed by atoms with Crippen LogP contribution in [0, 0.1) is 0 Å². The first-order chi connectivity index (χ1) is 8.33. The van der Waals surface area contributed by atoms with Gasteiger partial charge in [0.05, 0.1) is 16.7 Å². The molecular formula is C13H16ClN3. The Labute approximate surface area is 106 Å². The first-order valence-corrected chi connectivity index (χ1v) is 6.54. The van der Waals surface area contributed by atoms with Gasteiger partial charge >= 0.3 is 0 Å². The number of hydrogen-bond donors (Lipinski definition) is 0. The number of likely N-dealkylation sites (tertiary alicyclic amines) is 1. The molecule has 1 aliphatic heterocycles. The van der Waals surface area contributed by atoms with E-state index in [4.69, 9.17) is 11.6 Å². The molecule has 0 aliphatic carbocycles. The molecule has 1 saturated heterocycles. The molecule has 0 radical (unpaired) electrons. The molecule has 0 aromatic carbocycles. The maximum atomic E-state index is 6.02. The van der Waals surface area contributed by atoms with Gasteiger partial charge in [-0.2, -0.15) is 0 Å². The van der Waals surface area contributed by atoms with Crippen LogP contribution in [-0.4, -0.2) is 33.9 Å². The highest BCUT2D eigenvalue weighted by Gasteiger charge is 2.12. The van der Waals surface area contributed by atoms with Crippen LogP contribution in [0.1, 0.15) is 18.7 Å². The molecule has 2 aromatic rings. The Kier molecular flexibility index (Phi) is 3.04. The van der Waals surface area contributed by atoms with Crippen LogP contribution in [0.15, 0.2) is 24.5 Å². The van der Waals surface area contributed by atoms with E-state index in [9.17, 15) is 0 Å². The Morgan fingerprint density at radius 1 is 1.24 bits per heavy atom. The zero-order valence-corrected chi connectivity index (χ0v) is 10.5. The largest absolute Gasteiger partial charge is 0.303 e. The molecule has 0 amide bonds. The van der Waals surface area contributed by atoms with Crippen molar-refractivity contribution in [2.75, 3.05) is 19.6 Å². The lowest BCUT2D eigenvalue weighted by atomic mass is 10.3. The molecule has 0 bridgehead atoms. The molecular weight excluding hydrogens is 234 g/mol. The Hall–Kier alpha value is -1.06. The predicted molar refractivity (Wildman–Crippen MR) is 69.6 cm³/mol. The maximum Gasteiger partial charge on any atom is 0.114 e. The first-order valence-electron chi connectivity index (χ1n) is 6.17. The number of hydrogen-bond acceptors (Lipinski definition) is 2. The number of aromatic nitrogens is 2. The molecule has 4 heteroatoms. The number of fused-ring (bicyclic) bond motifs is 1. The van der Waals surface area contributed by atoms with E-state index < -0.39 is 0 Å². The quantitative estimate of drug-likeness (QED) is 0.834. The van der Waals surface area contributed by atoms with Crippen molar-refractivity contribution in [3.05, 3.63) is 35.4 Å². The summed E-state index contributed by atoms with van der Waals surface area (Å²) in [6.07, 6.45) is 7.54. The van der Waals surface area contributed by atoms with E-state index in [1.165, 1.54) is 25.9 Å². The third kappa shape index (κ3) is 2.31. The average molecular weight is 250 g/mol. The molecule has 2 aromatic heterocycles. The molecule has 0 unspecified atom stereocenters. The Bertz CT molecular complexity index is 514. The van der Waals surface area contributed by atoms with Crippen LogP contribution in [0.3, 0.4) is 0 Å². The number of imidazole rings is 1. The lowest BCUT2D eigenvalue weighted by Crippen LogP contribution is -2.22. The highest BCUT2D eigenvalue weighted by molar-refractivity contribution is 6.30. The van der Waals surface area contributed by atoms with Crippen molar-refractivity contribution in [1.82, 2.24) is 14.3 Å². The molecule has 90 valence electrons. The van der Waals surface area contributed by atoms with Crippen LogP contribution in [0.25, 0.3) is 5.52 Å². The van der Waals surface area contributed by atoms with Gasteiger partial charge < -0.3 is 9.30 Å². The topological polar surface area (TPSA) is 20.5 Å². The summed E-state index contributed by atoms with van der Waals surface area (Å²) in [5, 5.41) is 0.762. The summed E-state index contributed by atoms with van der Waals surface area (Å²) < 4.78 is 2.10. The normalized spacial score (nSPS) is 17.0. The maximum absolute atomic E-state index is 6.02. The molecule has 3 rings (SSSR count). The van der Waals surface area contributed by atoms with Gasteiger partial charge in [0.2, 0.25) is 0 Å². The Balaban J connectivity index is 1.77. The van der Waals surface area contributed by atoms with Crippen molar-refractivity contribution < 1.29 is 0 Å². The second-order valence-corrected chi connectivity index (χ2v) is 5.05. The standard InChI is InChI=1S/C13H16ClN3/c14-11-3-4-12-9-15-13(17(12)10-11)5-8-16-6-1-2-7-16/h3-4,9-10H,1-2,5-8H2. The van der Waals surface area contributed by atoms with Crippen LogP contribution in [0.2, 0.25) is 5.02 Å². The van der Waals surface area contributed by atoms with Crippen molar-refractivity contribution in [3.8, 4) is 0 Å². The van der Waals surface area contributed by atoms with E-state index in [-0.39, 0.29) is 0 Å². The van der Waals surface area contributed by atoms with Crippen molar-refractivity contribution >= 4 is 17.1 Å². The summed E-state index contributed by atoms with van der Waals surface area (Å²) in [7, 11) is 0. The molecule has 3 nitrogen and oxygen atoms in total. The van der Waals surface area contributed by atoms with E-state index in [0.29, 0.717) is 0 Å². The van der Waals surface area contributed by atoms with E-state index in [0.717, 1.165) is 29.3 Å². The van der Waals surface area contributed by atoms with Gasteiger partial charge in [-0.15, -0.1) is 0 Å². The fourth-order valence-electron chi connectivity index (χ4n) is 2.47. The van der Waals surface area contributed by atoms with Gasteiger partial charge in [0.1, 0.15) is 5.82 Å². The summed E-state index contributed by atoms with van der Waals surface area (Å²) in [5.74, 6) is 1.11. The van der Waals surface area contributed by atoms with E-state index in [1.807, 2.05) is 24.5 Å². The van der Waals surface area contributed by atoms with Crippen LogP contribution in [-0.2, 0) is 6.42 Å². The molecule has 0 saturated carbocycles.